The van der Waals surface area contributed by atoms with Crippen molar-refractivity contribution in [3.8, 4) is 17.2 Å². The van der Waals surface area contributed by atoms with Crippen LogP contribution in [-0.4, -0.2) is 37.8 Å². The minimum absolute atomic E-state index is 0.297. The van der Waals surface area contributed by atoms with E-state index in [-0.39, 0.29) is 6.61 Å². The molecule has 0 aromatic heterocycles. The molecule has 0 saturated carbocycles. The molecule has 1 amide bonds. The molecule has 2 rings (SSSR count). The molecule has 0 aliphatic carbocycles. The van der Waals surface area contributed by atoms with Gasteiger partial charge in [0.05, 0.1) is 13.2 Å². The zero-order valence-corrected chi connectivity index (χ0v) is 16.3. The van der Waals surface area contributed by atoms with Crippen molar-refractivity contribution in [2.24, 2.45) is 0 Å². The summed E-state index contributed by atoms with van der Waals surface area (Å²) in [6.07, 6.45) is -0.956. The Morgan fingerprint density at radius 1 is 0.821 bits per heavy atom. The molecule has 0 fully saturated rings. The third-order valence-corrected chi connectivity index (χ3v) is 3.60. The smallest absolute Gasteiger partial charge is 0.344 e. The van der Waals surface area contributed by atoms with Crippen molar-refractivity contribution in [3.05, 3.63) is 48.5 Å². The fourth-order valence-corrected chi connectivity index (χ4v) is 2.27. The number of carbonyl (C=O) groups is 2. The molecule has 0 heterocycles. The molecule has 0 unspecified atom stereocenters. The molecule has 0 aliphatic heterocycles. The lowest BCUT2D eigenvalue weighted by atomic mass is 10.3. The van der Waals surface area contributed by atoms with Crippen LogP contribution in [0.1, 0.15) is 20.8 Å². The van der Waals surface area contributed by atoms with Crippen molar-refractivity contribution >= 4 is 17.6 Å². The number of ether oxygens (including phenoxy) is 4. The van der Waals surface area contributed by atoms with Crippen LogP contribution in [0.4, 0.5) is 5.69 Å². The van der Waals surface area contributed by atoms with Gasteiger partial charge in [0.25, 0.3) is 5.91 Å². The van der Waals surface area contributed by atoms with Crippen LogP contribution in [0.5, 0.6) is 17.2 Å². The number of anilines is 1. The monoisotopic (exact) mass is 387 g/mol. The van der Waals surface area contributed by atoms with Crippen LogP contribution < -0.4 is 19.5 Å². The molecular weight excluding hydrogens is 362 g/mol. The Morgan fingerprint density at radius 2 is 1.29 bits per heavy atom. The zero-order chi connectivity index (χ0) is 20.4. The SMILES string of the molecule is CCOc1ccc(NC(=O)[C@@H](C)OC(=O)COc2ccc(OCC)cc2)cc1. The maximum Gasteiger partial charge on any atom is 0.344 e. The van der Waals surface area contributed by atoms with E-state index in [4.69, 9.17) is 18.9 Å². The predicted octanol–water partition coefficient (Wildman–Crippen LogP) is 3.43. The van der Waals surface area contributed by atoms with Gasteiger partial charge in [-0.15, -0.1) is 0 Å². The Kier molecular flexibility index (Phi) is 8.14. The second-order valence-corrected chi connectivity index (χ2v) is 5.77. The maximum atomic E-state index is 12.2. The summed E-state index contributed by atoms with van der Waals surface area (Å²) in [7, 11) is 0. The fourth-order valence-electron chi connectivity index (χ4n) is 2.27. The number of rotatable bonds is 10. The fraction of sp³-hybridized carbons (Fsp3) is 0.333. The van der Waals surface area contributed by atoms with Gasteiger partial charge in [-0.25, -0.2) is 4.79 Å². The molecule has 0 aliphatic rings. The van der Waals surface area contributed by atoms with Crippen LogP contribution >= 0.6 is 0 Å². The summed E-state index contributed by atoms with van der Waals surface area (Å²) in [5.74, 6) is 0.872. The van der Waals surface area contributed by atoms with E-state index in [0.29, 0.717) is 30.4 Å². The molecule has 0 radical (unpaired) electrons. The van der Waals surface area contributed by atoms with Crippen LogP contribution in [0.3, 0.4) is 0 Å². The number of hydrogen-bond acceptors (Lipinski definition) is 6. The van der Waals surface area contributed by atoms with E-state index in [9.17, 15) is 9.59 Å². The van der Waals surface area contributed by atoms with Crippen molar-refractivity contribution in [3.63, 3.8) is 0 Å². The quantitative estimate of drug-likeness (QED) is 0.629. The number of amides is 1. The van der Waals surface area contributed by atoms with Gasteiger partial charge in [-0.05, 0) is 69.3 Å². The molecule has 28 heavy (non-hydrogen) atoms. The van der Waals surface area contributed by atoms with Crippen molar-refractivity contribution in [2.45, 2.75) is 26.9 Å². The van der Waals surface area contributed by atoms with E-state index in [2.05, 4.69) is 5.32 Å². The third-order valence-electron chi connectivity index (χ3n) is 3.60. The average Bonchev–Trinajstić information content (AvgIpc) is 2.69. The van der Waals surface area contributed by atoms with E-state index >= 15 is 0 Å². The minimum atomic E-state index is -0.956. The third kappa shape index (κ3) is 6.83. The second-order valence-electron chi connectivity index (χ2n) is 5.77. The molecule has 2 aromatic carbocycles. The summed E-state index contributed by atoms with van der Waals surface area (Å²) in [6.45, 7) is 6.13. The van der Waals surface area contributed by atoms with Crippen LogP contribution in [0.2, 0.25) is 0 Å². The van der Waals surface area contributed by atoms with E-state index in [1.807, 2.05) is 13.8 Å². The summed E-state index contributed by atoms with van der Waals surface area (Å²) in [5.41, 5.74) is 0.585. The second kappa shape index (κ2) is 10.8. The van der Waals surface area contributed by atoms with E-state index in [1.165, 1.54) is 6.92 Å². The van der Waals surface area contributed by atoms with Gasteiger partial charge < -0.3 is 24.3 Å². The molecule has 7 nitrogen and oxygen atoms in total. The number of carbonyl (C=O) groups excluding carboxylic acids is 2. The van der Waals surface area contributed by atoms with Crippen molar-refractivity contribution < 1.29 is 28.5 Å². The van der Waals surface area contributed by atoms with Gasteiger partial charge in [0.15, 0.2) is 12.7 Å². The largest absolute Gasteiger partial charge is 0.494 e. The molecule has 7 heteroatoms. The first-order valence-corrected chi connectivity index (χ1v) is 9.10. The van der Waals surface area contributed by atoms with Gasteiger partial charge in [0.2, 0.25) is 0 Å². The molecule has 150 valence electrons. The van der Waals surface area contributed by atoms with Gasteiger partial charge in [-0.2, -0.15) is 0 Å². The number of benzene rings is 2. The lowest BCUT2D eigenvalue weighted by Gasteiger charge is -2.14. The minimum Gasteiger partial charge on any atom is -0.494 e. The molecule has 2 aromatic rings. The number of hydrogen-bond donors (Lipinski definition) is 1. The van der Waals surface area contributed by atoms with E-state index in [0.717, 1.165) is 5.75 Å². The van der Waals surface area contributed by atoms with Gasteiger partial charge in [0.1, 0.15) is 17.2 Å². The van der Waals surface area contributed by atoms with E-state index < -0.39 is 18.0 Å². The number of esters is 1. The Balaban J connectivity index is 1.76. The standard InChI is InChI=1S/C21H25NO6/c1-4-25-17-8-6-16(7-9-17)22-21(24)15(3)28-20(23)14-27-19-12-10-18(11-13-19)26-5-2/h6-13,15H,4-5,14H2,1-3H3,(H,22,24)/t15-/m1/s1. The zero-order valence-electron chi connectivity index (χ0n) is 16.3. The van der Waals surface area contributed by atoms with Crippen molar-refractivity contribution in [1.29, 1.82) is 0 Å². The first kappa shape index (κ1) is 21.1. The van der Waals surface area contributed by atoms with E-state index in [1.54, 1.807) is 48.5 Å². The van der Waals surface area contributed by atoms with Gasteiger partial charge in [-0.1, -0.05) is 0 Å². The van der Waals surface area contributed by atoms with Crippen LogP contribution in [0.15, 0.2) is 48.5 Å². The topological polar surface area (TPSA) is 83.1 Å². The summed E-state index contributed by atoms with van der Waals surface area (Å²) < 4.78 is 21.1. The first-order valence-electron chi connectivity index (χ1n) is 9.10. The van der Waals surface area contributed by atoms with Gasteiger partial charge in [0, 0.05) is 5.69 Å². The maximum absolute atomic E-state index is 12.2. The molecule has 1 atom stereocenters. The molecule has 0 bridgehead atoms. The van der Waals surface area contributed by atoms with Crippen LogP contribution in [0.25, 0.3) is 0 Å². The first-order chi connectivity index (χ1) is 13.5. The Hall–Kier alpha value is -3.22. The summed E-state index contributed by atoms with van der Waals surface area (Å²) in [6, 6.07) is 13.8. The summed E-state index contributed by atoms with van der Waals surface area (Å²) >= 11 is 0. The highest BCUT2D eigenvalue weighted by Crippen LogP contribution is 2.18. The van der Waals surface area contributed by atoms with Gasteiger partial charge in [-0.3, -0.25) is 4.79 Å². The summed E-state index contributed by atoms with van der Waals surface area (Å²) in [4.78, 5) is 24.1. The Bertz CT molecular complexity index is 757. The highest BCUT2D eigenvalue weighted by atomic mass is 16.6. The summed E-state index contributed by atoms with van der Waals surface area (Å²) in [5, 5.41) is 2.68. The van der Waals surface area contributed by atoms with Crippen LogP contribution in [-0.2, 0) is 14.3 Å². The van der Waals surface area contributed by atoms with Crippen molar-refractivity contribution in [2.75, 3.05) is 25.1 Å². The molecular formula is C21H25NO6. The molecule has 1 N–H and O–H groups in total. The molecule has 0 saturated heterocycles. The lowest BCUT2D eigenvalue weighted by Crippen LogP contribution is -2.31. The average molecular weight is 387 g/mol. The Labute approximate surface area is 164 Å². The highest BCUT2D eigenvalue weighted by molar-refractivity contribution is 5.95. The Morgan fingerprint density at radius 3 is 1.79 bits per heavy atom. The van der Waals surface area contributed by atoms with Gasteiger partial charge >= 0.3 is 5.97 Å². The predicted molar refractivity (Wildman–Crippen MR) is 105 cm³/mol. The highest BCUT2D eigenvalue weighted by Gasteiger charge is 2.18. The lowest BCUT2D eigenvalue weighted by molar-refractivity contribution is -0.155. The van der Waals surface area contributed by atoms with Crippen molar-refractivity contribution in [1.82, 2.24) is 0 Å². The number of nitrogens with one attached hydrogen (secondary N) is 1. The normalized spacial score (nSPS) is 11.2. The molecule has 0 spiro atoms. The van der Waals surface area contributed by atoms with Crippen LogP contribution in [0, 0.1) is 0 Å².